The van der Waals surface area contributed by atoms with Crippen LogP contribution in [0.5, 0.6) is 0 Å². The van der Waals surface area contributed by atoms with Crippen molar-refractivity contribution >= 4 is 10.0 Å². The van der Waals surface area contributed by atoms with Gasteiger partial charge in [0, 0.05) is 19.6 Å². The molecule has 2 heterocycles. The Morgan fingerprint density at radius 3 is 2.67 bits per heavy atom. The average Bonchev–Trinajstić information content (AvgIpc) is 2.92. The minimum atomic E-state index is -3.27. The molecule has 5 heteroatoms. The summed E-state index contributed by atoms with van der Waals surface area (Å²) in [5, 5.41) is 3.28. The summed E-state index contributed by atoms with van der Waals surface area (Å²) in [5.74, 6) is 0. The summed E-state index contributed by atoms with van der Waals surface area (Å²) in [6.07, 6.45) is 2.94. The monoisotopic (exact) mass is 266 g/mol. The van der Waals surface area contributed by atoms with Crippen molar-refractivity contribution in [2.24, 2.45) is 0 Å². The molecule has 2 aliphatic heterocycles. The number of nitrogens with one attached hydrogen (secondary N) is 1. The lowest BCUT2D eigenvalue weighted by Crippen LogP contribution is -2.29. The Morgan fingerprint density at radius 2 is 1.89 bits per heavy atom. The zero-order valence-electron chi connectivity index (χ0n) is 10.4. The van der Waals surface area contributed by atoms with E-state index in [4.69, 9.17) is 0 Å². The molecule has 0 aromatic heterocycles. The molecule has 1 aromatic carbocycles. The van der Waals surface area contributed by atoms with E-state index in [9.17, 15) is 8.42 Å². The zero-order valence-corrected chi connectivity index (χ0v) is 11.2. The molecular formula is C13H18N2O2S. The molecule has 2 aliphatic rings. The number of fused-ring (bicyclic) bond motifs is 1. The lowest BCUT2D eigenvalue weighted by molar-refractivity contribution is 0.477. The van der Waals surface area contributed by atoms with Crippen LogP contribution in [0.4, 0.5) is 0 Å². The lowest BCUT2D eigenvalue weighted by Gasteiger charge is -2.20. The van der Waals surface area contributed by atoms with Gasteiger partial charge in [-0.2, -0.15) is 4.31 Å². The Bertz CT molecular complexity index is 548. The molecular weight excluding hydrogens is 248 g/mol. The third kappa shape index (κ3) is 2.06. The van der Waals surface area contributed by atoms with Crippen LogP contribution in [0.1, 0.15) is 24.0 Å². The normalized spacial score (nSPS) is 20.9. The molecule has 0 saturated carbocycles. The molecule has 0 amide bonds. The molecule has 0 bridgehead atoms. The van der Waals surface area contributed by atoms with Gasteiger partial charge in [0.05, 0.1) is 4.90 Å². The van der Waals surface area contributed by atoms with Crippen LogP contribution in [-0.4, -0.2) is 32.4 Å². The lowest BCUT2D eigenvalue weighted by atomic mass is 10.0. The summed E-state index contributed by atoms with van der Waals surface area (Å²) < 4.78 is 26.5. The van der Waals surface area contributed by atoms with Gasteiger partial charge in [-0.15, -0.1) is 0 Å². The Kier molecular flexibility index (Phi) is 3.13. The molecule has 0 aliphatic carbocycles. The smallest absolute Gasteiger partial charge is 0.243 e. The second-order valence-electron chi connectivity index (χ2n) is 4.97. The highest BCUT2D eigenvalue weighted by molar-refractivity contribution is 7.89. The van der Waals surface area contributed by atoms with Crippen molar-refractivity contribution in [3.8, 4) is 0 Å². The van der Waals surface area contributed by atoms with Gasteiger partial charge < -0.3 is 5.32 Å². The van der Waals surface area contributed by atoms with Crippen LogP contribution in [-0.2, 0) is 23.0 Å². The van der Waals surface area contributed by atoms with Gasteiger partial charge in [0.15, 0.2) is 0 Å². The minimum absolute atomic E-state index is 0.451. The number of benzene rings is 1. The topological polar surface area (TPSA) is 49.4 Å². The van der Waals surface area contributed by atoms with Crippen LogP contribution < -0.4 is 5.32 Å². The van der Waals surface area contributed by atoms with Crippen molar-refractivity contribution in [2.45, 2.75) is 30.7 Å². The van der Waals surface area contributed by atoms with E-state index in [1.807, 2.05) is 12.1 Å². The average molecular weight is 266 g/mol. The van der Waals surface area contributed by atoms with E-state index in [2.05, 4.69) is 5.32 Å². The summed E-state index contributed by atoms with van der Waals surface area (Å²) in [6, 6.07) is 5.58. The molecule has 1 saturated heterocycles. The van der Waals surface area contributed by atoms with Gasteiger partial charge in [0.1, 0.15) is 0 Å². The molecule has 3 rings (SSSR count). The van der Waals surface area contributed by atoms with Crippen LogP contribution in [0.2, 0.25) is 0 Å². The van der Waals surface area contributed by atoms with E-state index in [1.54, 1.807) is 10.4 Å². The Labute approximate surface area is 108 Å². The maximum Gasteiger partial charge on any atom is 0.243 e. The summed E-state index contributed by atoms with van der Waals surface area (Å²) in [5.41, 5.74) is 2.40. The second-order valence-corrected chi connectivity index (χ2v) is 6.91. The van der Waals surface area contributed by atoms with E-state index in [0.717, 1.165) is 37.9 Å². The van der Waals surface area contributed by atoms with E-state index in [0.29, 0.717) is 18.0 Å². The highest BCUT2D eigenvalue weighted by Crippen LogP contribution is 2.24. The van der Waals surface area contributed by atoms with Gasteiger partial charge in [0.2, 0.25) is 10.0 Å². The predicted octanol–water partition coefficient (Wildman–Crippen LogP) is 1.12. The van der Waals surface area contributed by atoms with Gasteiger partial charge in [-0.1, -0.05) is 6.07 Å². The van der Waals surface area contributed by atoms with Gasteiger partial charge in [-0.3, -0.25) is 0 Å². The summed E-state index contributed by atoms with van der Waals surface area (Å²) in [4.78, 5) is 0.451. The molecule has 0 radical (unpaired) electrons. The molecule has 4 nitrogen and oxygen atoms in total. The largest absolute Gasteiger partial charge is 0.312 e. The first kappa shape index (κ1) is 12.1. The summed E-state index contributed by atoms with van der Waals surface area (Å²) in [6.45, 7) is 3.08. The van der Waals surface area contributed by atoms with Crippen LogP contribution in [0.3, 0.4) is 0 Å². The first-order valence-electron chi connectivity index (χ1n) is 6.50. The van der Waals surface area contributed by atoms with Crippen molar-refractivity contribution in [3.05, 3.63) is 29.3 Å². The Balaban J connectivity index is 1.96. The molecule has 1 fully saturated rings. The minimum Gasteiger partial charge on any atom is -0.312 e. The number of sulfonamides is 1. The number of hydrogen-bond donors (Lipinski definition) is 1. The third-order valence-corrected chi connectivity index (χ3v) is 5.66. The van der Waals surface area contributed by atoms with Crippen molar-refractivity contribution in [3.63, 3.8) is 0 Å². The van der Waals surface area contributed by atoms with Gasteiger partial charge in [-0.25, -0.2) is 8.42 Å². The zero-order chi connectivity index (χ0) is 12.6. The van der Waals surface area contributed by atoms with Crippen molar-refractivity contribution in [1.29, 1.82) is 0 Å². The van der Waals surface area contributed by atoms with Gasteiger partial charge in [0.25, 0.3) is 0 Å². The Morgan fingerprint density at radius 1 is 1.11 bits per heavy atom. The first-order chi connectivity index (χ1) is 8.68. The highest BCUT2D eigenvalue weighted by Gasteiger charge is 2.27. The molecule has 0 unspecified atom stereocenters. The van der Waals surface area contributed by atoms with Crippen molar-refractivity contribution < 1.29 is 8.42 Å². The second kappa shape index (κ2) is 4.64. The van der Waals surface area contributed by atoms with E-state index in [-0.39, 0.29) is 0 Å². The molecule has 1 aromatic rings. The summed E-state index contributed by atoms with van der Waals surface area (Å²) in [7, 11) is -3.27. The van der Waals surface area contributed by atoms with Gasteiger partial charge >= 0.3 is 0 Å². The van der Waals surface area contributed by atoms with Crippen molar-refractivity contribution in [2.75, 3.05) is 19.6 Å². The molecule has 98 valence electrons. The maximum atomic E-state index is 12.4. The van der Waals surface area contributed by atoms with E-state index in [1.165, 1.54) is 5.56 Å². The number of rotatable bonds is 2. The van der Waals surface area contributed by atoms with E-state index >= 15 is 0 Å². The summed E-state index contributed by atoms with van der Waals surface area (Å²) >= 11 is 0. The van der Waals surface area contributed by atoms with Crippen LogP contribution >= 0.6 is 0 Å². The Hall–Kier alpha value is -0.910. The van der Waals surface area contributed by atoms with Crippen molar-refractivity contribution in [1.82, 2.24) is 9.62 Å². The van der Waals surface area contributed by atoms with Crippen LogP contribution in [0.25, 0.3) is 0 Å². The fourth-order valence-corrected chi connectivity index (χ4v) is 4.26. The molecule has 1 N–H and O–H groups in total. The molecule has 18 heavy (non-hydrogen) atoms. The third-order valence-electron chi connectivity index (χ3n) is 3.77. The predicted molar refractivity (Wildman–Crippen MR) is 69.8 cm³/mol. The maximum absolute atomic E-state index is 12.4. The van der Waals surface area contributed by atoms with Crippen LogP contribution in [0.15, 0.2) is 23.1 Å². The quantitative estimate of drug-likeness (QED) is 0.872. The fourth-order valence-electron chi connectivity index (χ4n) is 2.69. The highest BCUT2D eigenvalue weighted by atomic mass is 32.2. The fraction of sp³-hybridized carbons (Fsp3) is 0.538. The molecule has 0 spiro atoms. The first-order valence-corrected chi connectivity index (χ1v) is 7.94. The van der Waals surface area contributed by atoms with Crippen LogP contribution in [0, 0.1) is 0 Å². The standard InChI is InChI=1S/C13H18N2O2S/c16-18(17,15-7-1-2-8-15)13-4-3-11-5-6-14-10-12(11)9-13/h3-4,9,14H,1-2,5-8,10H2. The number of nitrogens with zero attached hydrogens (tertiary/aromatic N) is 1. The van der Waals surface area contributed by atoms with E-state index < -0.39 is 10.0 Å². The molecule has 0 atom stereocenters. The SMILES string of the molecule is O=S(=O)(c1ccc2c(c1)CNCC2)N1CCCC1. The van der Waals surface area contributed by atoms with Gasteiger partial charge in [-0.05, 0) is 49.1 Å². The number of hydrogen-bond acceptors (Lipinski definition) is 3.